The Bertz CT molecular complexity index is 5910. The van der Waals surface area contributed by atoms with Crippen LogP contribution in [0.25, 0.3) is 20.9 Å². The number of nitrogens with zero attached hydrogens (tertiary/aromatic N) is 18. The van der Waals surface area contributed by atoms with Gasteiger partial charge in [0.15, 0.2) is 43.5 Å². The molecule has 15 rings (SSSR count). The van der Waals surface area contributed by atoms with Crippen LogP contribution in [0.2, 0.25) is 0 Å². The first-order valence-corrected chi connectivity index (χ1v) is 44.9. The number of carbonyl (C=O) groups is 7. The second kappa shape index (κ2) is 48.4. The molecule has 8 heterocycles. The summed E-state index contributed by atoms with van der Waals surface area (Å²) in [7, 11) is 0. The van der Waals surface area contributed by atoms with Gasteiger partial charge in [-0.25, -0.2) is 52.3 Å². The van der Waals surface area contributed by atoms with E-state index in [1.54, 1.807) is 266 Å². The predicted molar refractivity (Wildman–Crippen MR) is 479 cm³/mol. The molecule has 7 aromatic carbocycles. The Labute approximate surface area is 790 Å². The number of rotatable bonds is 43. The van der Waals surface area contributed by atoms with Gasteiger partial charge in [-0.3, -0.25) is 0 Å². The molecule has 42 heteroatoms. The molecule has 0 aliphatic carbocycles. The molecule has 4 aliphatic rings. The van der Waals surface area contributed by atoms with Crippen LogP contribution < -0.4 is 0 Å². The summed E-state index contributed by atoms with van der Waals surface area (Å²) in [5, 5.41) is 42.4. The second-order valence-corrected chi connectivity index (χ2v) is 33.2. The van der Waals surface area contributed by atoms with E-state index >= 15 is 0 Å². The van der Waals surface area contributed by atoms with Gasteiger partial charge in [0.1, 0.15) is 59.4 Å². The van der Waals surface area contributed by atoms with Crippen molar-refractivity contribution in [3.05, 3.63) is 320 Å². The van der Waals surface area contributed by atoms with Crippen LogP contribution in [0.15, 0.2) is 247 Å². The molecule has 4 fully saturated rings. The molecule has 720 valence electrons. The molecule has 0 N–H and O–H groups in total. The minimum absolute atomic E-state index is 0.0416. The van der Waals surface area contributed by atoms with Gasteiger partial charge in [-0.2, -0.15) is 0 Å². The number of azide groups is 2. The molecule has 20 atom stereocenters. The monoisotopic (exact) mass is 1890 g/mol. The Balaban J connectivity index is 0.556. The number of aromatic nitrogens is 12. The number of esters is 7. The highest BCUT2D eigenvalue weighted by molar-refractivity contribution is 5.93. The van der Waals surface area contributed by atoms with Crippen molar-refractivity contribution in [3.8, 4) is 0 Å². The van der Waals surface area contributed by atoms with Crippen molar-refractivity contribution in [3.63, 3.8) is 0 Å². The van der Waals surface area contributed by atoms with Crippen LogP contribution in [-0.4, -0.2) is 234 Å². The van der Waals surface area contributed by atoms with E-state index in [9.17, 15) is 44.6 Å². The van der Waals surface area contributed by atoms with E-state index in [-0.39, 0.29) is 143 Å². The molecular formula is C96H102N18O24. The van der Waals surface area contributed by atoms with Crippen molar-refractivity contribution in [2.75, 3.05) is 39.5 Å². The van der Waals surface area contributed by atoms with E-state index in [2.05, 4.69) is 61.3 Å². The van der Waals surface area contributed by atoms with Gasteiger partial charge < -0.3 is 80.5 Å². The van der Waals surface area contributed by atoms with Gasteiger partial charge in [0.05, 0.1) is 168 Å². The van der Waals surface area contributed by atoms with Crippen molar-refractivity contribution in [2.45, 2.75) is 180 Å². The zero-order valence-electron chi connectivity index (χ0n) is 75.8. The Morgan fingerprint density at radius 2 is 0.565 bits per heavy atom. The highest BCUT2D eigenvalue weighted by Crippen LogP contribution is 2.40. The minimum atomic E-state index is -1.44. The molecule has 0 amide bonds. The molecule has 0 saturated carbocycles. The van der Waals surface area contributed by atoms with Crippen LogP contribution in [0.4, 0.5) is 0 Å². The fourth-order valence-electron chi connectivity index (χ4n) is 16.1. The van der Waals surface area contributed by atoms with Gasteiger partial charge in [0.2, 0.25) is 0 Å². The maximum atomic E-state index is 14.2. The number of ether oxygens (including phenoxy) is 17. The number of benzene rings is 7. The van der Waals surface area contributed by atoms with Gasteiger partial charge in [-0.05, 0) is 96.0 Å². The average molecular weight is 1890 g/mol. The number of carbonyl (C=O) groups excluding carboxylic acids is 7. The van der Waals surface area contributed by atoms with Gasteiger partial charge in [0, 0.05) is 39.4 Å². The van der Waals surface area contributed by atoms with Crippen molar-refractivity contribution < 1.29 is 114 Å². The Hall–Kier alpha value is -14.4. The van der Waals surface area contributed by atoms with E-state index in [1.807, 2.05) is 13.8 Å². The minimum Gasteiger partial charge on any atom is -0.456 e. The summed E-state index contributed by atoms with van der Waals surface area (Å²) in [4.78, 5) is 103. The van der Waals surface area contributed by atoms with E-state index in [0.717, 1.165) is 0 Å². The summed E-state index contributed by atoms with van der Waals surface area (Å²) < 4.78 is 113. The quantitative estimate of drug-likeness (QED) is 0.00855. The summed E-state index contributed by atoms with van der Waals surface area (Å²) in [6.07, 6.45) is -10.3. The Morgan fingerprint density at radius 3 is 0.928 bits per heavy atom. The van der Waals surface area contributed by atoms with Crippen molar-refractivity contribution in [2.24, 2.45) is 39.8 Å². The predicted octanol–water partition coefficient (Wildman–Crippen LogP) is 11.5. The first-order chi connectivity index (χ1) is 67.3. The fourth-order valence-corrected chi connectivity index (χ4v) is 16.1. The zero-order chi connectivity index (χ0) is 96.2. The van der Waals surface area contributed by atoms with E-state index in [1.165, 1.54) is 10.9 Å². The van der Waals surface area contributed by atoms with Crippen molar-refractivity contribution in [1.29, 1.82) is 0 Å². The fraction of sp³-hybridized carbons (Fsp3) is 0.406. The molecule has 42 nitrogen and oxygen atoms in total. The lowest BCUT2D eigenvalue weighted by molar-refractivity contribution is -0.288. The molecule has 0 unspecified atom stereocenters. The van der Waals surface area contributed by atoms with Crippen LogP contribution in [0.1, 0.15) is 130 Å². The van der Waals surface area contributed by atoms with Gasteiger partial charge in [-0.15, -0.1) is 20.4 Å². The third-order valence-corrected chi connectivity index (χ3v) is 23.8. The summed E-state index contributed by atoms with van der Waals surface area (Å²) >= 11 is 0. The van der Waals surface area contributed by atoms with Gasteiger partial charge >= 0.3 is 41.8 Å². The lowest BCUT2D eigenvalue weighted by Crippen LogP contribution is -2.58. The van der Waals surface area contributed by atoms with Crippen LogP contribution in [0, 0.1) is 29.6 Å². The smallest absolute Gasteiger partial charge is 0.338 e. The lowest BCUT2D eigenvalue weighted by Gasteiger charge is -2.44. The van der Waals surface area contributed by atoms with E-state index in [0.29, 0.717) is 22.6 Å². The topological polar surface area (TPSA) is 497 Å². The third-order valence-electron chi connectivity index (χ3n) is 23.8. The maximum absolute atomic E-state index is 14.2. The maximum Gasteiger partial charge on any atom is 0.338 e. The molecule has 11 aromatic rings. The molecule has 0 radical (unpaired) electrons. The first kappa shape index (κ1) is 98.1. The normalized spacial score (nSPS) is 24.5. The standard InChI is InChI=1S/C96H102N18O24/c1-59-60(2)93(129-76(48-100-106-98)79(59)132-86(115)64-27-13-6-14-28-64)124-56-73-51-113(109-103-73)53-77-62(4)81(134-88(117)66-31-17-8-18-32-66)85(138-92(121)70-39-25-12-26-40-70)96(130-77)127-57-72-50-112(108-102-72)42-44-123-46-45-122-43-41-111-49-71(101-107-111)55-125-94-63(5)82(135-89(118)67-33-19-9-20-34-67)83(136-90(119)68-35-21-10-22-36-68)78(131-94)54-114-52-74(104-110-114)58-126-95-84(137-91(120)69-37-23-11-24-38-69)80(61(3)75(128-95)47-99-105-97)133-87(116)65-29-15-7-16-30-65/h6-40,49-52,59-63,75-85,93-96H,41-48,53-58H2,1-5H3/t59-,60+,61-,62-,63+,75-,76-,77-,78-,79+,80+,81+,82-,83-,84+,85+,93+,94+,95+,96+/m1/s1. The van der Waals surface area contributed by atoms with E-state index < -0.39 is 152 Å². The molecule has 0 bridgehead atoms. The first-order valence-electron chi connectivity index (χ1n) is 44.9. The second-order valence-electron chi connectivity index (χ2n) is 33.2. The lowest BCUT2D eigenvalue weighted by atomic mass is 9.84. The van der Waals surface area contributed by atoms with Crippen molar-refractivity contribution in [1.82, 2.24) is 60.0 Å². The average Bonchev–Trinajstić information content (AvgIpc) is 1.32. The van der Waals surface area contributed by atoms with Gasteiger partial charge in [-0.1, -0.05) is 193 Å². The molecule has 4 saturated heterocycles. The van der Waals surface area contributed by atoms with Crippen LogP contribution in [0.3, 0.4) is 0 Å². The summed E-state index contributed by atoms with van der Waals surface area (Å²) in [5.74, 6) is -7.69. The highest BCUT2D eigenvalue weighted by Gasteiger charge is 2.54. The van der Waals surface area contributed by atoms with Crippen LogP contribution >= 0.6 is 0 Å². The molecule has 4 aromatic heterocycles. The highest BCUT2D eigenvalue weighted by atomic mass is 16.7. The summed E-state index contributed by atoms with van der Waals surface area (Å²) in [6, 6.07) is 58.2. The molecule has 138 heavy (non-hydrogen) atoms. The number of hydrogen-bond acceptors (Lipinski definition) is 34. The largest absolute Gasteiger partial charge is 0.456 e. The van der Waals surface area contributed by atoms with Crippen LogP contribution in [0.5, 0.6) is 0 Å². The zero-order valence-corrected chi connectivity index (χ0v) is 75.8. The molecule has 4 aliphatic heterocycles. The number of hydrogen-bond donors (Lipinski definition) is 0. The summed E-state index contributed by atoms with van der Waals surface area (Å²) in [6.45, 7) is 9.25. The SMILES string of the molecule is C[C@@H]1[C@@H](OCc2cn(C[C@H]3O[C@H](OCc4cn(CCOCCOCCn5cc(CO[C@H]6O[C@H](Cn7cc(CO[C@H]8O[C@H](CN=[N+]=[N-])[C@@H](C)[C@H](OC(=O)c9ccccc9)[C@@H]8OC(=O)c8ccccc8)nn7)[C@@H](OC(=O)c7ccccc7)[C@H](OC(=O)c7ccccc7)[C@@H]6C)nn5)nn4)[C@@H](OC(=O)c4ccccc4)[C@@H](OC(=O)c4ccccc4)[C@@H]3C)nn2)O[C@H](CN=[N+]=[N-])[C@@H](OC(=O)c2ccccc2)[C@@H]1C. The van der Waals surface area contributed by atoms with Crippen LogP contribution in [-0.2, 0) is 133 Å². The summed E-state index contributed by atoms with van der Waals surface area (Å²) in [5.41, 5.74) is 21.8. The third kappa shape index (κ3) is 26.0. The van der Waals surface area contributed by atoms with E-state index in [4.69, 9.17) is 80.5 Å². The van der Waals surface area contributed by atoms with Gasteiger partial charge in [0.25, 0.3) is 0 Å². The Morgan fingerprint density at radius 1 is 0.297 bits per heavy atom. The Kier molecular flexibility index (Phi) is 34.4. The molecular weight excluding hydrogens is 1790 g/mol. The molecule has 0 spiro atoms. The van der Waals surface area contributed by atoms with Crippen molar-refractivity contribution >= 4 is 41.8 Å².